The Morgan fingerprint density at radius 2 is 2.38 bits per heavy atom. The van der Waals surface area contributed by atoms with Crippen molar-refractivity contribution in [1.29, 1.82) is 0 Å². The largest absolute Gasteiger partial charge is 0.201 e. The summed E-state index contributed by atoms with van der Waals surface area (Å²) in [5.41, 5.74) is 0. The second-order valence-corrected chi connectivity index (χ2v) is 2.93. The van der Waals surface area contributed by atoms with Gasteiger partial charge in [-0.2, -0.15) is 0 Å². The van der Waals surface area contributed by atoms with Crippen molar-refractivity contribution >= 4 is 11.5 Å². The van der Waals surface area contributed by atoms with E-state index in [0.717, 1.165) is 0 Å². The normalized spacial score (nSPS) is 10.4. The summed E-state index contributed by atoms with van der Waals surface area (Å²) in [7, 11) is 0. The molecule has 0 aliphatic rings. The summed E-state index contributed by atoms with van der Waals surface area (Å²) < 4.78 is 3.99. The third-order valence-corrected chi connectivity index (χ3v) is 2.07. The van der Waals surface area contributed by atoms with Crippen LogP contribution >= 0.6 is 11.5 Å². The molecule has 0 saturated heterocycles. The average Bonchev–Trinajstić information content (AvgIpc) is 2.12. The Morgan fingerprint density at radius 1 is 1.62 bits per heavy atom. The molecule has 0 unspecified atom stereocenters. The van der Waals surface area contributed by atoms with Gasteiger partial charge in [-0.25, -0.2) is 4.37 Å². The molecule has 0 spiro atoms. The van der Waals surface area contributed by atoms with E-state index in [4.69, 9.17) is 0 Å². The van der Waals surface area contributed by atoms with E-state index in [1.807, 2.05) is 6.20 Å². The third kappa shape index (κ3) is 1.07. The van der Waals surface area contributed by atoms with Gasteiger partial charge in [0.25, 0.3) is 0 Å². The number of rotatable bonds is 1. The molecule has 0 aliphatic heterocycles. The average molecular weight is 127 g/mol. The molecule has 0 N–H and O–H groups in total. The molecular weight excluding hydrogens is 118 g/mol. The van der Waals surface area contributed by atoms with Crippen LogP contribution in [0.3, 0.4) is 0 Å². The molecule has 1 nitrogen and oxygen atoms in total. The maximum Gasteiger partial charge on any atom is 0.0409 e. The quantitative estimate of drug-likeness (QED) is 0.564. The molecule has 0 saturated carbocycles. The standard InChI is InChI=1S/C6H9NS/c1-5(2)6-3-4-7-8-6/h3-5H,1-2H3. The Kier molecular flexibility index (Phi) is 1.63. The Hall–Kier alpha value is -0.370. The first-order valence-electron chi connectivity index (χ1n) is 2.71. The van der Waals surface area contributed by atoms with Crippen LogP contribution in [0.4, 0.5) is 0 Å². The van der Waals surface area contributed by atoms with Gasteiger partial charge in [0, 0.05) is 11.1 Å². The van der Waals surface area contributed by atoms with E-state index in [-0.39, 0.29) is 0 Å². The van der Waals surface area contributed by atoms with E-state index in [1.54, 1.807) is 11.5 Å². The molecule has 2 heteroatoms. The van der Waals surface area contributed by atoms with E-state index >= 15 is 0 Å². The van der Waals surface area contributed by atoms with Crippen LogP contribution in [0, 0.1) is 0 Å². The van der Waals surface area contributed by atoms with Crippen molar-refractivity contribution in [2.24, 2.45) is 0 Å². The molecule has 1 rings (SSSR count). The lowest BCUT2D eigenvalue weighted by molar-refractivity contribution is 0.890. The Bertz CT molecular complexity index is 144. The summed E-state index contributed by atoms with van der Waals surface area (Å²) >= 11 is 1.58. The topological polar surface area (TPSA) is 12.9 Å². The van der Waals surface area contributed by atoms with E-state index in [1.165, 1.54) is 4.88 Å². The fourth-order valence-corrected chi connectivity index (χ4v) is 1.10. The fourth-order valence-electron chi connectivity index (χ4n) is 0.523. The number of hydrogen-bond acceptors (Lipinski definition) is 2. The minimum absolute atomic E-state index is 0.641. The highest BCUT2D eigenvalue weighted by molar-refractivity contribution is 7.05. The van der Waals surface area contributed by atoms with Crippen LogP contribution in [0.25, 0.3) is 0 Å². The molecule has 0 radical (unpaired) electrons. The summed E-state index contributed by atoms with van der Waals surface area (Å²) in [6.07, 6.45) is 1.85. The van der Waals surface area contributed by atoms with Gasteiger partial charge in [-0.15, -0.1) is 0 Å². The van der Waals surface area contributed by atoms with Crippen molar-refractivity contribution < 1.29 is 0 Å². The second-order valence-electron chi connectivity index (χ2n) is 2.07. The van der Waals surface area contributed by atoms with E-state index in [0.29, 0.717) is 5.92 Å². The number of hydrogen-bond donors (Lipinski definition) is 0. The highest BCUT2D eigenvalue weighted by Gasteiger charge is 1.97. The molecule has 0 amide bonds. The van der Waals surface area contributed by atoms with Crippen molar-refractivity contribution in [2.45, 2.75) is 19.8 Å². The lowest BCUT2D eigenvalue weighted by Gasteiger charge is -1.94. The predicted octanol–water partition coefficient (Wildman–Crippen LogP) is 2.27. The lowest BCUT2D eigenvalue weighted by Crippen LogP contribution is -1.77. The van der Waals surface area contributed by atoms with Gasteiger partial charge in [0.2, 0.25) is 0 Å². The zero-order valence-corrected chi connectivity index (χ0v) is 5.90. The van der Waals surface area contributed by atoms with Gasteiger partial charge >= 0.3 is 0 Å². The highest BCUT2D eigenvalue weighted by Crippen LogP contribution is 2.16. The summed E-state index contributed by atoms with van der Waals surface area (Å²) in [6.45, 7) is 4.35. The molecule has 1 heterocycles. The lowest BCUT2D eigenvalue weighted by atomic mass is 10.2. The van der Waals surface area contributed by atoms with Gasteiger partial charge in [-0.05, 0) is 23.5 Å². The predicted molar refractivity (Wildman–Crippen MR) is 36.2 cm³/mol. The number of aromatic nitrogens is 1. The first-order valence-corrected chi connectivity index (χ1v) is 3.48. The van der Waals surface area contributed by atoms with Gasteiger partial charge < -0.3 is 0 Å². The molecule has 0 atom stereocenters. The molecular formula is C6H9NS. The molecule has 1 aromatic rings. The minimum atomic E-state index is 0.641. The third-order valence-electron chi connectivity index (χ3n) is 1.03. The SMILES string of the molecule is CC(C)c1ccns1. The summed E-state index contributed by atoms with van der Waals surface area (Å²) in [5.74, 6) is 0.641. The zero-order valence-electron chi connectivity index (χ0n) is 5.09. The van der Waals surface area contributed by atoms with Gasteiger partial charge in [0.1, 0.15) is 0 Å². The van der Waals surface area contributed by atoms with Crippen LogP contribution in [0.2, 0.25) is 0 Å². The van der Waals surface area contributed by atoms with Gasteiger partial charge in [-0.1, -0.05) is 13.8 Å². The van der Waals surface area contributed by atoms with E-state index < -0.39 is 0 Å². The molecule has 0 aromatic carbocycles. The Balaban J connectivity index is 2.77. The van der Waals surface area contributed by atoms with Crippen LogP contribution in [0.5, 0.6) is 0 Å². The van der Waals surface area contributed by atoms with Crippen LogP contribution in [0.1, 0.15) is 24.6 Å². The maximum atomic E-state index is 3.99. The zero-order chi connectivity index (χ0) is 5.98. The van der Waals surface area contributed by atoms with Crippen LogP contribution in [-0.4, -0.2) is 4.37 Å². The van der Waals surface area contributed by atoms with Gasteiger partial charge in [0.05, 0.1) is 0 Å². The van der Waals surface area contributed by atoms with Crippen molar-refractivity contribution in [3.63, 3.8) is 0 Å². The molecule has 8 heavy (non-hydrogen) atoms. The van der Waals surface area contributed by atoms with Crippen LogP contribution in [-0.2, 0) is 0 Å². The van der Waals surface area contributed by atoms with Gasteiger partial charge in [0.15, 0.2) is 0 Å². The van der Waals surface area contributed by atoms with Crippen molar-refractivity contribution in [2.75, 3.05) is 0 Å². The maximum absolute atomic E-state index is 3.99. The smallest absolute Gasteiger partial charge is 0.0409 e. The minimum Gasteiger partial charge on any atom is -0.201 e. The molecule has 0 fully saturated rings. The molecule has 0 bridgehead atoms. The number of nitrogens with zero attached hydrogens (tertiary/aromatic N) is 1. The van der Waals surface area contributed by atoms with Crippen LogP contribution in [0.15, 0.2) is 12.3 Å². The Morgan fingerprint density at radius 3 is 2.62 bits per heavy atom. The highest BCUT2D eigenvalue weighted by atomic mass is 32.1. The van der Waals surface area contributed by atoms with Gasteiger partial charge in [-0.3, -0.25) is 0 Å². The van der Waals surface area contributed by atoms with Crippen molar-refractivity contribution in [3.8, 4) is 0 Å². The Labute approximate surface area is 53.5 Å². The molecule has 0 aliphatic carbocycles. The van der Waals surface area contributed by atoms with E-state index in [2.05, 4.69) is 24.3 Å². The summed E-state index contributed by atoms with van der Waals surface area (Å²) in [5, 5.41) is 0. The van der Waals surface area contributed by atoms with Crippen LogP contribution < -0.4 is 0 Å². The van der Waals surface area contributed by atoms with Crippen molar-refractivity contribution in [1.82, 2.24) is 4.37 Å². The first-order chi connectivity index (χ1) is 3.80. The summed E-state index contributed by atoms with van der Waals surface area (Å²) in [4.78, 5) is 1.37. The molecule has 1 aromatic heterocycles. The second kappa shape index (κ2) is 2.27. The van der Waals surface area contributed by atoms with Crippen molar-refractivity contribution in [3.05, 3.63) is 17.1 Å². The van der Waals surface area contributed by atoms with E-state index in [9.17, 15) is 0 Å². The summed E-state index contributed by atoms with van der Waals surface area (Å²) in [6, 6.07) is 2.06. The monoisotopic (exact) mass is 127 g/mol. The molecule has 44 valence electrons. The first kappa shape index (κ1) is 5.76. The fraction of sp³-hybridized carbons (Fsp3) is 0.500.